The van der Waals surface area contributed by atoms with Crippen molar-refractivity contribution in [1.29, 1.82) is 0 Å². The van der Waals surface area contributed by atoms with Gasteiger partial charge in [-0.25, -0.2) is 0 Å². The Morgan fingerprint density at radius 3 is 2.82 bits per heavy atom. The van der Waals surface area contributed by atoms with Gasteiger partial charge >= 0.3 is 0 Å². The second kappa shape index (κ2) is 6.74. The van der Waals surface area contributed by atoms with Gasteiger partial charge in [0.2, 0.25) is 5.91 Å². The van der Waals surface area contributed by atoms with Crippen molar-refractivity contribution in [3.8, 4) is 0 Å². The zero-order chi connectivity index (χ0) is 19.3. The maximum atomic E-state index is 13.3. The molecule has 7 heteroatoms. The summed E-state index contributed by atoms with van der Waals surface area (Å²) >= 11 is 1.72. The van der Waals surface area contributed by atoms with Gasteiger partial charge in [0.1, 0.15) is 5.60 Å². The van der Waals surface area contributed by atoms with E-state index in [0.29, 0.717) is 12.8 Å². The van der Waals surface area contributed by atoms with Gasteiger partial charge < -0.3 is 10.0 Å². The summed E-state index contributed by atoms with van der Waals surface area (Å²) in [5, 5.41) is 18.2. The average Bonchev–Trinajstić information content (AvgIpc) is 3.41. The number of hydrogen-bond acceptors (Lipinski definition) is 5. The molecule has 2 N–H and O–H groups in total. The van der Waals surface area contributed by atoms with E-state index in [4.69, 9.17) is 0 Å². The van der Waals surface area contributed by atoms with Gasteiger partial charge in [-0.05, 0) is 31.4 Å². The number of H-pyrrole nitrogens is 1. The van der Waals surface area contributed by atoms with E-state index < -0.39 is 5.60 Å². The van der Waals surface area contributed by atoms with Gasteiger partial charge in [0.05, 0.1) is 17.8 Å². The first-order valence-electron chi connectivity index (χ1n) is 9.85. The van der Waals surface area contributed by atoms with E-state index in [1.807, 2.05) is 25.3 Å². The van der Waals surface area contributed by atoms with E-state index in [-0.39, 0.29) is 23.9 Å². The monoisotopic (exact) mass is 396 g/mol. The lowest BCUT2D eigenvalue weighted by molar-refractivity contribution is -0.144. The number of pyridine rings is 1. The SMILES string of the molecule is Cc1cccnc1C1(O)CC2CCC(C1)N2C(=O)C1C=C(c2cn[nH]c2)SC1. The van der Waals surface area contributed by atoms with E-state index in [2.05, 4.69) is 26.2 Å². The molecule has 6 nitrogen and oxygen atoms in total. The van der Waals surface area contributed by atoms with E-state index >= 15 is 0 Å². The van der Waals surface area contributed by atoms with Crippen LogP contribution in [0.5, 0.6) is 0 Å². The first-order valence-corrected chi connectivity index (χ1v) is 10.8. The zero-order valence-electron chi connectivity index (χ0n) is 15.8. The minimum atomic E-state index is -0.934. The van der Waals surface area contributed by atoms with Gasteiger partial charge in [-0.1, -0.05) is 12.1 Å². The standard InChI is InChI=1S/C21H24N4O2S/c1-13-3-2-6-22-19(13)21(27)8-16-4-5-17(9-21)25(16)20(26)14-7-18(28-12-14)15-10-23-24-11-15/h2-3,6-7,10-11,14,16-17,27H,4-5,8-9,12H2,1H3,(H,23,24). The maximum Gasteiger partial charge on any atom is 0.230 e. The number of aromatic amines is 1. The Morgan fingerprint density at radius 2 is 2.14 bits per heavy atom. The number of aliphatic hydroxyl groups is 1. The minimum Gasteiger partial charge on any atom is -0.383 e. The Morgan fingerprint density at radius 1 is 1.36 bits per heavy atom. The van der Waals surface area contributed by atoms with Crippen LogP contribution in [0.4, 0.5) is 0 Å². The van der Waals surface area contributed by atoms with Crippen LogP contribution in [-0.4, -0.2) is 48.9 Å². The molecule has 3 aliphatic rings. The van der Waals surface area contributed by atoms with Crippen LogP contribution >= 0.6 is 11.8 Å². The van der Waals surface area contributed by atoms with Gasteiger partial charge in [0.25, 0.3) is 0 Å². The number of nitrogens with one attached hydrogen (secondary N) is 1. The number of rotatable bonds is 3. The van der Waals surface area contributed by atoms with E-state index in [1.165, 1.54) is 0 Å². The number of fused-ring (bicyclic) bond motifs is 2. The number of aromatic nitrogens is 3. The fourth-order valence-corrected chi connectivity index (χ4v) is 6.25. The molecule has 1 amide bonds. The Labute approximate surface area is 168 Å². The van der Waals surface area contributed by atoms with Crippen LogP contribution in [-0.2, 0) is 10.4 Å². The van der Waals surface area contributed by atoms with Crippen molar-refractivity contribution in [2.45, 2.75) is 50.3 Å². The summed E-state index contributed by atoms with van der Waals surface area (Å²) in [5.74, 6) is 0.887. The number of carbonyl (C=O) groups excluding carboxylic acids is 1. The molecule has 5 heterocycles. The molecule has 0 aliphatic carbocycles. The summed E-state index contributed by atoms with van der Waals surface area (Å²) in [6.07, 6.45) is 10.6. The highest BCUT2D eigenvalue weighted by atomic mass is 32.2. The zero-order valence-corrected chi connectivity index (χ0v) is 16.7. The second-order valence-corrected chi connectivity index (χ2v) is 9.24. The van der Waals surface area contributed by atoms with Crippen LogP contribution in [0.1, 0.15) is 42.5 Å². The number of hydrogen-bond donors (Lipinski definition) is 2. The molecule has 0 spiro atoms. The van der Waals surface area contributed by atoms with Crippen LogP contribution < -0.4 is 0 Å². The molecule has 2 saturated heterocycles. The molecule has 2 fully saturated rings. The predicted molar refractivity (Wildman–Crippen MR) is 108 cm³/mol. The van der Waals surface area contributed by atoms with E-state index in [9.17, 15) is 9.90 Å². The Balaban J connectivity index is 1.36. The van der Waals surface area contributed by atoms with Gasteiger partial charge in [0.15, 0.2) is 0 Å². The van der Waals surface area contributed by atoms with Gasteiger partial charge in [0, 0.05) is 53.5 Å². The topological polar surface area (TPSA) is 82.1 Å². The van der Waals surface area contributed by atoms with Crippen molar-refractivity contribution in [3.63, 3.8) is 0 Å². The maximum absolute atomic E-state index is 13.3. The van der Waals surface area contributed by atoms with Crippen LogP contribution in [0, 0.1) is 12.8 Å². The fourth-order valence-electron chi connectivity index (χ4n) is 5.11. The highest BCUT2D eigenvalue weighted by Crippen LogP contribution is 2.47. The Hall–Kier alpha value is -2.12. The second-order valence-electron chi connectivity index (χ2n) is 8.17. The molecule has 0 aromatic carbocycles. The number of carbonyl (C=O) groups is 1. The van der Waals surface area contributed by atoms with Crippen molar-refractivity contribution >= 4 is 22.6 Å². The van der Waals surface area contributed by atoms with Gasteiger partial charge in [-0.3, -0.25) is 14.9 Å². The normalized spacial score (nSPS) is 31.9. The third kappa shape index (κ3) is 2.88. The molecule has 2 aromatic heterocycles. The molecular formula is C21H24N4O2S. The molecular weight excluding hydrogens is 372 g/mol. The van der Waals surface area contributed by atoms with Crippen LogP contribution in [0.25, 0.3) is 4.91 Å². The largest absolute Gasteiger partial charge is 0.383 e. The summed E-state index contributed by atoms with van der Waals surface area (Å²) in [7, 11) is 0. The number of thioether (sulfide) groups is 1. The molecule has 0 radical (unpaired) electrons. The van der Waals surface area contributed by atoms with Crippen LogP contribution in [0.2, 0.25) is 0 Å². The summed E-state index contributed by atoms with van der Waals surface area (Å²) in [4.78, 5) is 21.0. The quantitative estimate of drug-likeness (QED) is 0.834. The van der Waals surface area contributed by atoms with Gasteiger partial charge in [-0.15, -0.1) is 11.8 Å². The predicted octanol–water partition coefficient (Wildman–Crippen LogP) is 2.86. The molecule has 5 rings (SSSR count). The number of nitrogens with zero attached hydrogens (tertiary/aromatic N) is 3. The lowest BCUT2D eigenvalue weighted by Crippen LogP contribution is -2.53. The van der Waals surface area contributed by atoms with Crippen molar-refractivity contribution < 1.29 is 9.90 Å². The molecule has 2 bridgehead atoms. The molecule has 28 heavy (non-hydrogen) atoms. The van der Waals surface area contributed by atoms with Crippen molar-refractivity contribution in [2.24, 2.45) is 5.92 Å². The van der Waals surface area contributed by atoms with Crippen LogP contribution in [0.3, 0.4) is 0 Å². The van der Waals surface area contributed by atoms with Crippen molar-refractivity contribution in [1.82, 2.24) is 20.1 Å². The molecule has 0 saturated carbocycles. The fraction of sp³-hybridized carbons (Fsp3) is 0.476. The molecule has 3 unspecified atom stereocenters. The Kier molecular flexibility index (Phi) is 4.32. The van der Waals surface area contributed by atoms with E-state index in [1.54, 1.807) is 24.2 Å². The van der Waals surface area contributed by atoms with E-state index in [0.717, 1.165) is 40.3 Å². The summed E-state index contributed by atoms with van der Waals surface area (Å²) in [6, 6.07) is 4.08. The van der Waals surface area contributed by atoms with Crippen LogP contribution in [0.15, 0.2) is 36.8 Å². The smallest absolute Gasteiger partial charge is 0.230 e. The molecule has 3 atom stereocenters. The summed E-state index contributed by atoms with van der Waals surface area (Å²) < 4.78 is 0. The number of aryl methyl sites for hydroxylation is 1. The molecule has 2 aromatic rings. The summed E-state index contributed by atoms with van der Waals surface area (Å²) in [5.41, 5.74) is 1.90. The van der Waals surface area contributed by atoms with Gasteiger partial charge in [-0.2, -0.15) is 5.10 Å². The molecule has 146 valence electrons. The first kappa shape index (κ1) is 17.9. The lowest BCUT2D eigenvalue weighted by Gasteiger charge is -2.44. The third-order valence-electron chi connectivity index (χ3n) is 6.34. The Bertz CT molecular complexity index is 912. The molecule has 3 aliphatic heterocycles. The lowest BCUT2D eigenvalue weighted by atomic mass is 9.81. The summed E-state index contributed by atoms with van der Waals surface area (Å²) in [6.45, 7) is 2.00. The van der Waals surface area contributed by atoms with Crippen molar-refractivity contribution in [3.05, 3.63) is 53.6 Å². The van der Waals surface area contributed by atoms with Crippen molar-refractivity contribution in [2.75, 3.05) is 5.75 Å². The minimum absolute atomic E-state index is 0.0917. The third-order valence-corrected chi connectivity index (χ3v) is 7.55. The number of piperidine rings is 1. The highest BCUT2D eigenvalue weighted by Gasteiger charge is 2.51. The first-order chi connectivity index (χ1) is 13.5. The average molecular weight is 397 g/mol. The number of amides is 1. The highest BCUT2D eigenvalue weighted by molar-refractivity contribution is 8.08.